The number of fused-ring (bicyclic) bond motifs is 3. The standard InChI is InChI=1S/C25H31N3O4/c1-14(2)20(26-24(31)22(29)15(3)4)23(30)27-21-18-12-7-6-10-16(18)17-11-8-9-13-19(17)28(5)25(21)32/h6-15,20-22,29H,1-5H3,(H,26,31)(H,27,30)/t20-,21?,22?/m0/s1. The number of rotatable bonds is 6. The van der Waals surface area contributed by atoms with Crippen molar-refractivity contribution in [3.05, 3.63) is 54.1 Å². The molecule has 2 unspecified atom stereocenters. The van der Waals surface area contributed by atoms with E-state index in [4.69, 9.17) is 0 Å². The average Bonchev–Trinajstić information content (AvgIpc) is 2.86. The number of nitrogens with one attached hydrogen (secondary N) is 2. The number of anilines is 1. The third kappa shape index (κ3) is 4.53. The minimum Gasteiger partial charge on any atom is -0.383 e. The van der Waals surface area contributed by atoms with Gasteiger partial charge >= 0.3 is 0 Å². The summed E-state index contributed by atoms with van der Waals surface area (Å²) in [6.45, 7) is 7.06. The molecule has 0 aliphatic carbocycles. The number of aliphatic hydroxyl groups is 1. The van der Waals surface area contributed by atoms with Crippen LogP contribution in [0, 0.1) is 11.8 Å². The van der Waals surface area contributed by atoms with Crippen LogP contribution in [0.5, 0.6) is 0 Å². The summed E-state index contributed by atoms with van der Waals surface area (Å²) < 4.78 is 0. The van der Waals surface area contributed by atoms with Gasteiger partial charge in [0.05, 0.1) is 5.69 Å². The second kappa shape index (κ2) is 9.53. The number of hydrogen-bond acceptors (Lipinski definition) is 4. The van der Waals surface area contributed by atoms with Gasteiger partial charge in [0.25, 0.3) is 5.91 Å². The van der Waals surface area contributed by atoms with Gasteiger partial charge < -0.3 is 20.6 Å². The molecule has 0 aromatic heterocycles. The number of hydrogen-bond donors (Lipinski definition) is 3. The van der Waals surface area contributed by atoms with Crippen LogP contribution in [-0.2, 0) is 14.4 Å². The van der Waals surface area contributed by atoms with Crippen molar-refractivity contribution in [3.63, 3.8) is 0 Å². The van der Waals surface area contributed by atoms with E-state index in [9.17, 15) is 19.5 Å². The van der Waals surface area contributed by atoms with Crippen LogP contribution < -0.4 is 15.5 Å². The third-order valence-electron chi connectivity index (χ3n) is 5.84. The van der Waals surface area contributed by atoms with Gasteiger partial charge in [-0.05, 0) is 29.0 Å². The predicted octanol–water partition coefficient (Wildman–Crippen LogP) is 2.65. The lowest BCUT2D eigenvalue weighted by atomic mass is 9.94. The van der Waals surface area contributed by atoms with Crippen LogP contribution in [0.2, 0.25) is 0 Å². The smallest absolute Gasteiger partial charge is 0.253 e. The van der Waals surface area contributed by atoms with Gasteiger partial charge in [-0.25, -0.2) is 0 Å². The molecule has 7 heteroatoms. The summed E-state index contributed by atoms with van der Waals surface area (Å²) in [5, 5.41) is 15.6. The van der Waals surface area contributed by atoms with Crippen molar-refractivity contribution < 1.29 is 19.5 Å². The van der Waals surface area contributed by atoms with Gasteiger partial charge in [-0.3, -0.25) is 14.4 Å². The number of carbonyl (C=O) groups is 3. The van der Waals surface area contributed by atoms with Crippen molar-refractivity contribution in [1.29, 1.82) is 0 Å². The Kier molecular flexibility index (Phi) is 6.99. The summed E-state index contributed by atoms with van der Waals surface area (Å²) in [6.07, 6.45) is -1.22. The van der Waals surface area contributed by atoms with Crippen molar-refractivity contribution in [3.8, 4) is 11.1 Å². The van der Waals surface area contributed by atoms with Gasteiger partial charge in [-0.1, -0.05) is 70.2 Å². The summed E-state index contributed by atoms with van der Waals surface area (Å²) in [5.74, 6) is -1.88. The Hall–Kier alpha value is -3.19. The maximum absolute atomic E-state index is 13.4. The molecule has 0 radical (unpaired) electrons. The molecular formula is C25H31N3O4. The van der Waals surface area contributed by atoms with E-state index in [0.717, 1.165) is 16.8 Å². The number of carbonyl (C=O) groups excluding carboxylic acids is 3. The van der Waals surface area contributed by atoms with Gasteiger partial charge in [0.1, 0.15) is 18.2 Å². The van der Waals surface area contributed by atoms with Crippen LogP contribution in [-0.4, -0.2) is 42.0 Å². The van der Waals surface area contributed by atoms with E-state index < -0.39 is 30.0 Å². The topological polar surface area (TPSA) is 98.7 Å². The van der Waals surface area contributed by atoms with Crippen LogP contribution in [0.1, 0.15) is 39.3 Å². The monoisotopic (exact) mass is 437 g/mol. The minimum atomic E-state index is -1.22. The lowest BCUT2D eigenvalue weighted by Crippen LogP contribution is -2.54. The summed E-state index contributed by atoms with van der Waals surface area (Å²) in [6, 6.07) is 13.3. The zero-order chi connectivity index (χ0) is 23.6. The molecular weight excluding hydrogens is 406 g/mol. The molecule has 1 heterocycles. The van der Waals surface area contributed by atoms with Crippen molar-refractivity contribution in [1.82, 2.24) is 10.6 Å². The number of likely N-dealkylation sites (N-methyl/N-ethyl adjacent to an activating group) is 1. The molecule has 1 aliphatic rings. The quantitative estimate of drug-likeness (QED) is 0.647. The molecule has 0 bridgehead atoms. The van der Waals surface area contributed by atoms with E-state index in [1.54, 1.807) is 39.6 Å². The molecule has 0 spiro atoms. The lowest BCUT2D eigenvalue weighted by molar-refractivity contribution is -0.137. The highest BCUT2D eigenvalue weighted by Gasteiger charge is 2.36. The number of aliphatic hydroxyl groups excluding tert-OH is 1. The van der Waals surface area contributed by atoms with Crippen molar-refractivity contribution >= 4 is 23.4 Å². The molecule has 2 aromatic rings. The minimum absolute atomic E-state index is 0.246. The van der Waals surface area contributed by atoms with Crippen LogP contribution >= 0.6 is 0 Å². The van der Waals surface area contributed by atoms with Crippen molar-refractivity contribution in [2.75, 3.05) is 11.9 Å². The van der Waals surface area contributed by atoms with Gasteiger partial charge in [0.2, 0.25) is 11.8 Å². The van der Waals surface area contributed by atoms with E-state index in [1.165, 1.54) is 0 Å². The molecule has 3 N–H and O–H groups in total. The molecule has 32 heavy (non-hydrogen) atoms. The second-order valence-corrected chi connectivity index (χ2v) is 8.86. The molecule has 7 nitrogen and oxygen atoms in total. The molecule has 0 saturated carbocycles. The van der Waals surface area contributed by atoms with E-state index in [0.29, 0.717) is 5.56 Å². The van der Waals surface area contributed by atoms with Gasteiger partial charge in [-0.2, -0.15) is 0 Å². The normalized spacial score (nSPS) is 17.3. The highest BCUT2D eigenvalue weighted by molar-refractivity contribution is 6.06. The van der Waals surface area contributed by atoms with E-state index in [-0.39, 0.29) is 17.7 Å². The molecule has 0 saturated heterocycles. The number of benzene rings is 2. The Morgan fingerprint density at radius 3 is 2.12 bits per heavy atom. The van der Waals surface area contributed by atoms with Crippen LogP contribution in [0.3, 0.4) is 0 Å². The number of para-hydroxylation sites is 1. The van der Waals surface area contributed by atoms with E-state index in [1.807, 2.05) is 48.5 Å². The first kappa shape index (κ1) is 23.5. The molecule has 3 amide bonds. The first-order chi connectivity index (χ1) is 15.1. The Bertz CT molecular complexity index is 1020. The molecule has 170 valence electrons. The highest BCUT2D eigenvalue weighted by atomic mass is 16.3. The zero-order valence-electron chi connectivity index (χ0n) is 19.1. The maximum atomic E-state index is 13.4. The first-order valence-corrected chi connectivity index (χ1v) is 10.9. The fraction of sp³-hybridized carbons (Fsp3) is 0.400. The van der Waals surface area contributed by atoms with Gasteiger partial charge in [0, 0.05) is 12.6 Å². The molecule has 3 atom stereocenters. The maximum Gasteiger partial charge on any atom is 0.253 e. The molecule has 0 fully saturated rings. The Morgan fingerprint density at radius 1 is 0.906 bits per heavy atom. The Morgan fingerprint density at radius 2 is 1.50 bits per heavy atom. The van der Waals surface area contributed by atoms with Crippen LogP contribution in [0.15, 0.2) is 48.5 Å². The first-order valence-electron chi connectivity index (χ1n) is 10.9. The van der Waals surface area contributed by atoms with E-state index in [2.05, 4.69) is 10.6 Å². The summed E-state index contributed by atoms with van der Waals surface area (Å²) in [7, 11) is 1.69. The fourth-order valence-corrected chi connectivity index (χ4v) is 3.88. The van der Waals surface area contributed by atoms with Gasteiger partial charge in [-0.15, -0.1) is 0 Å². The SMILES string of the molecule is CC(C)C(O)C(=O)N[C@H](C(=O)NC1C(=O)N(C)c2ccccc2-c2ccccc21)C(C)C. The van der Waals surface area contributed by atoms with E-state index >= 15 is 0 Å². The van der Waals surface area contributed by atoms with Crippen LogP contribution in [0.25, 0.3) is 11.1 Å². The Labute approximate surface area is 188 Å². The lowest BCUT2D eigenvalue weighted by Gasteiger charge is -2.28. The second-order valence-electron chi connectivity index (χ2n) is 8.86. The average molecular weight is 438 g/mol. The zero-order valence-corrected chi connectivity index (χ0v) is 19.1. The fourth-order valence-electron chi connectivity index (χ4n) is 3.88. The third-order valence-corrected chi connectivity index (χ3v) is 5.84. The predicted molar refractivity (Wildman–Crippen MR) is 124 cm³/mol. The van der Waals surface area contributed by atoms with Crippen molar-refractivity contribution in [2.45, 2.75) is 45.9 Å². The Balaban J connectivity index is 1.94. The highest BCUT2D eigenvalue weighted by Crippen LogP contribution is 2.39. The van der Waals surface area contributed by atoms with Crippen LogP contribution in [0.4, 0.5) is 5.69 Å². The summed E-state index contributed by atoms with van der Waals surface area (Å²) >= 11 is 0. The van der Waals surface area contributed by atoms with Crippen molar-refractivity contribution in [2.24, 2.45) is 11.8 Å². The van der Waals surface area contributed by atoms with Gasteiger partial charge in [0.15, 0.2) is 0 Å². The molecule has 2 aromatic carbocycles. The summed E-state index contributed by atoms with van der Waals surface area (Å²) in [5.41, 5.74) is 3.23. The summed E-state index contributed by atoms with van der Waals surface area (Å²) in [4.78, 5) is 40.6. The molecule has 1 aliphatic heterocycles. The molecule has 3 rings (SSSR count). The number of amides is 3. The number of nitrogens with zero attached hydrogens (tertiary/aromatic N) is 1. The largest absolute Gasteiger partial charge is 0.383 e.